The molecule has 1 N–H and O–H groups in total. The average molecular weight is 508 g/mol. The zero-order valence-electron chi connectivity index (χ0n) is 16.2. The van der Waals surface area contributed by atoms with E-state index in [0.29, 0.717) is 6.61 Å². The van der Waals surface area contributed by atoms with Crippen molar-refractivity contribution in [3.05, 3.63) is 34.9 Å². The zero-order chi connectivity index (χ0) is 18.8. The number of likely N-dealkylation sites (tertiary alicyclic amines) is 1. The molecule has 0 aromatic heterocycles. The van der Waals surface area contributed by atoms with Gasteiger partial charge in [0.05, 0.1) is 12.5 Å². The molecule has 1 aromatic rings. The Morgan fingerprint density at radius 2 is 1.93 bits per heavy atom. The van der Waals surface area contributed by atoms with E-state index in [1.165, 1.54) is 5.56 Å². The average Bonchev–Trinajstić information content (AvgIpc) is 2.66. The molecule has 0 amide bonds. The third-order valence-electron chi connectivity index (χ3n) is 4.55. The number of guanidine groups is 1. The lowest BCUT2D eigenvalue weighted by atomic mass is 9.97. The van der Waals surface area contributed by atoms with Gasteiger partial charge in [0, 0.05) is 31.2 Å². The summed E-state index contributed by atoms with van der Waals surface area (Å²) in [5.41, 5.74) is 1.28. The van der Waals surface area contributed by atoms with Crippen LogP contribution in [0.2, 0.25) is 5.02 Å². The van der Waals surface area contributed by atoms with Crippen LogP contribution in [-0.4, -0.2) is 49.6 Å². The Bertz CT molecular complexity index is 587. The van der Waals surface area contributed by atoms with Crippen molar-refractivity contribution >= 4 is 47.5 Å². The fraction of sp³-hybridized carbons (Fsp3) is 0.600. The molecule has 1 heterocycles. The highest BCUT2D eigenvalue weighted by Crippen LogP contribution is 2.19. The summed E-state index contributed by atoms with van der Waals surface area (Å²) in [7, 11) is 0. The van der Waals surface area contributed by atoms with Gasteiger partial charge in [-0.1, -0.05) is 23.7 Å². The van der Waals surface area contributed by atoms with Gasteiger partial charge in [-0.3, -0.25) is 9.79 Å². The standard InChI is InChI=1S/C20H30ClN3O2.HI/c1-3-22-20(23-13-5-6-16-7-9-18(21)10-8-16)24-14-11-17(12-15-24)19(25)26-4-2;/h7-10,17H,3-6,11-15H2,1-2H3,(H,22,23);1H. The van der Waals surface area contributed by atoms with Gasteiger partial charge >= 0.3 is 5.97 Å². The highest BCUT2D eigenvalue weighted by atomic mass is 127. The van der Waals surface area contributed by atoms with Crippen LogP contribution in [0.5, 0.6) is 0 Å². The summed E-state index contributed by atoms with van der Waals surface area (Å²) in [5, 5.41) is 4.14. The van der Waals surface area contributed by atoms with E-state index in [0.717, 1.165) is 62.8 Å². The quantitative estimate of drug-likeness (QED) is 0.198. The molecule has 2 rings (SSSR count). The lowest BCUT2D eigenvalue weighted by Crippen LogP contribution is -2.46. The van der Waals surface area contributed by atoms with E-state index in [1.54, 1.807) is 0 Å². The summed E-state index contributed by atoms with van der Waals surface area (Å²) in [6.07, 6.45) is 3.64. The van der Waals surface area contributed by atoms with Crippen LogP contribution in [0.4, 0.5) is 0 Å². The van der Waals surface area contributed by atoms with Crippen molar-refractivity contribution in [1.29, 1.82) is 0 Å². The molecule has 0 saturated carbocycles. The van der Waals surface area contributed by atoms with Crippen molar-refractivity contribution in [3.63, 3.8) is 0 Å². The second-order valence-corrected chi connectivity index (χ2v) is 6.92. The van der Waals surface area contributed by atoms with Crippen LogP contribution in [0, 0.1) is 5.92 Å². The van der Waals surface area contributed by atoms with Gasteiger partial charge in [-0.25, -0.2) is 0 Å². The van der Waals surface area contributed by atoms with Gasteiger partial charge in [-0.2, -0.15) is 0 Å². The molecule has 0 atom stereocenters. The largest absolute Gasteiger partial charge is 0.466 e. The lowest BCUT2D eigenvalue weighted by Gasteiger charge is -2.33. The Balaban J connectivity index is 0.00000364. The summed E-state index contributed by atoms with van der Waals surface area (Å²) in [6, 6.07) is 7.99. The van der Waals surface area contributed by atoms with Crippen molar-refractivity contribution in [2.45, 2.75) is 39.5 Å². The van der Waals surface area contributed by atoms with Crippen LogP contribution in [-0.2, 0) is 16.0 Å². The van der Waals surface area contributed by atoms with Crippen LogP contribution >= 0.6 is 35.6 Å². The monoisotopic (exact) mass is 507 g/mol. The number of hydrogen-bond donors (Lipinski definition) is 1. The number of esters is 1. The Kier molecular flexibility index (Phi) is 11.7. The van der Waals surface area contributed by atoms with Crippen molar-refractivity contribution in [2.75, 3.05) is 32.8 Å². The normalized spacial score (nSPS) is 15.2. The summed E-state index contributed by atoms with van der Waals surface area (Å²) < 4.78 is 5.14. The summed E-state index contributed by atoms with van der Waals surface area (Å²) in [5.74, 6) is 0.918. The number of rotatable bonds is 7. The molecule has 0 radical (unpaired) electrons. The SMILES string of the molecule is CCNC(=NCCCc1ccc(Cl)cc1)N1CCC(C(=O)OCC)CC1.I. The number of benzene rings is 1. The van der Waals surface area contributed by atoms with E-state index in [2.05, 4.69) is 29.3 Å². The van der Waals surface area contributed by atoms with Crippen LogP contribution in [0.25, 0.3) is 0 Å². The first kappa shape index (κ1) is 24.0. The predicted octanol–water partition coefficient (Wildman–Crippen LogP) is 4.13. The number of halogens is 2. The second kappa shape index (κ2) is 13.2. The minimum Gasteiger partial charge on any atom is -0.466 e. The molecule has 0 spiro atoms. The van der Waals surface area contributed by atoms with Crippen molar-refractivity contribution in [1.82, 2.24) is 10.2 Å². The minimum absolute atomic E-state index is 0. The van der Waals surface area contributed by atoms with Gasteiger partial charge in [-0.05, 0) is 57.2 Å². The number of nitrogens with zero attached hydrogens (tertiary/aromatic N) is 2. The first-order valence-corrected chi connectivity index (χ1v) is 9.96. The minimum atomic E-state index is -0.0583. The van der Waals surface area contributed by atoms with E-state index in [1.807, 2.05) is 19.1 Å². The van der Waals surface area contributed by atoms with Crippen molar-refractivity contribution < 1.29 is 9.53 Å². The number of carbonyl (C=O) groups excluding carboxylic acids is 1. The Labute approximate surface area is 184 Å². The van der Waals surface area contributed by atoms with E-state index >= 15 is 0 Å². The molecule has 0 aliphatic carbocycles. The highest BCUT2D eigenvalue weighted by molar-refractivity contribution is 14.0. The maximum absolute atomic E-state index is 11.9. The van der Waals surface area contributed by atoms with E-state index in [9.17, 15) is 4.79 Å². The number of nitrogens with one attached hydrogen (secondary N) is 1. The number of hydrogen-bond acceptors (Lipinski definition) is 3. The van der Waals surface area contributed by atoms with Gasteiger partial charge < -0.3 is 15.0 Å². The third-order valence-corrected chi connectivity index (χ3v) is 4.80. The molecular formula is C20H31ClIN3O2. The first-order chi connectivity index (χ1) is 12.6. The fourth-order valence-electron chi connectivity index (χ4n) is 3.13. The molecule has 5 nitrogen and oxygen atoms in total. The summed E-state index contributed by atoms with van der Waals surface area (Å²) in [6.45, 7) is 7.69. The molecule has 1 saturated heterocycles. The van der Waals surface area contributed by atoms with Gasteiger partial charge in [0.1, 0.15) is 0 Å². The smallest absolute Gasteiger partial charge is 0.309 e. The van der Waals surface area contributed by atoms with Crippen LogP contribution < -0.4 is 5.32 Å². The zero-order valence-corrected chi connectivity index (χ0v) is 19.3. The van der Waals surface area contributed by atoms with E-state index < -0.39 is 0 Å². The second-order valence-electron chi connectivity index (χ2n) is 6.48. The molecule has 1 aromatic carbocycles. The first-order valence-electron chi connectivity index (χ1n) is 9.58. The Morgan fingerprint density at radius 3 is 2.52 bits per heavy atom. The van der Waals surface area contributed by atoms with Crippen molar-refractivity contribution in [2.24, 2.45) is 10.9 Å². The maximum atomic E-state index is 11.9. The maximum Gasteiger partial charge on any atom is 0.309 e. The van der Waals surface area contributed by atoms with Gasteiger partial charge in [0.15, 0.2) is 5.96 Å². The van der Waals surface area contributed by atoms with Crippen LogP contribution in [0.1, 0.15) is 38.7 Å². The molecule has 27 heavy (non-hydrogen) atoms. The lowest BCUT2D eigenvalue weighted by molar-refractivity contribution is -0.149. The van der Waals surface area contributed by atoms with E-state index in [-0.39, 0.29) is 35.9 Å². The number of carbonyl (C=O) groups is 1. The molecule has 152 valence electrons. The molecule has 1 fully saturated rings. The molecule has 7 heteroatoms. The van der Waals surface area contributed by atoms with Gasteiger partial charge in [-0.15, -0.1) is 24.0 Å². The van der Waals surface area contributed by atoms with E-state index in [4.69, 9.17) is 21.3 Å². The summed E-state index contributed by atoms with van der Waals surface area (Å²) in [4.78, 5) is 18.9. The number of piperidine rings is 1. The number of aryl methyl sites for hydroxylation is 1. The molecule has 1 aliphatic rings. The third kappa shape index (κ3) is 8.25. The number of ether oxygens (including phenoxy) is 1. The Morgan fingerprint density at radius 1 is 1.26 bits per heavy atom. The Hall–Kier alpha value is -1.02. The molecule has 0 bridgehead atoms. The van der Waals surface area contributed by atoms with Gasteiger partial charge in [0.2, 0.25) is 0 Å². The highest BCUT2D eigenvalue weighted by Gasteiger charge is 2.27. The molecular weight excluding hydrogens is 477 g/mol. The van der Waals surface area contributed by atoms with Crippen molar-refractivity contribution in [3.8, 4) is 0 Å². The number of aliphatic imine (C=N–C) groups is 1. The summed E-state index contributed by atoms with van der Waals surface area (Å²) >= 11 is 5.92. The topological polar surface area (TPSA) is 53.9 Å². The van der Waals surface area contributed by atoms with Gasteiger partial charge in [0.25, 0.3) is 0 Å². The fourth-order valence-corrected chi connectivity index (χ4v) is 3.26. The van der Waals surface area contributed by atoms with Crippen LogP contribution in [0.15, 0.2) is 29.3 Å². The molecule has 1 aliphatic heterocycles. The molecule has 0 unspecified atom stereocenters. The van der Waals surface area contributed by atoms with Crippen LogP contribution in [0.3, 0.4) is 0 Å². The predicted molar refractivity (Wildman–Crippen MR) is 122 cm³/mol.